The van der Waals surface area contributed by atoms with Gasteiger partial charge in [-0.05, 0) is 43.7 Å². The topological polar surface area (TPSA) is 82.7 Å². The average molecular weight is 440 g/mol. The number of aromatic nitrogens is 3. The molecule has 3 N–H and O–H groups in total. The van der Waals surface area contributed by atoms with Crippen molar-refractivity contribution in [2.75, 3.05) is 5.32 Å². The van der Waals surface area contributed by atoms with Crippen molar-refractivity contribution in [1.82, 2.24) is 20.3 Å². The molecule has 6 heteroatoms. The van der Waals surface area contributed by atoms with Crippen molar-refractivity contribution in [2.45, 2.75) is 51.2 Å². The van der Waals surface area contributed by atoms with Crippen molar-refractivity contribution in [3.63, 3.8) is 0 Å². The van der Waals surface area contributed by atoms with E-state index in [-0.39, 0.29) is 5.78 Å². The molecular formula is C27H29N5O. The van der Waals surface area contributed by atoms with Gasteiger partial charge in [-0.2, -0.15) is 0 Å². The van der Waals surface area contributed by atoms with Gasteiger partial charge in [0.25, 0.3) is 0 Å². The molecule has 4 aromatic rings. The Balaban J connectivity index is 1.28. The molecule has 5 rings (SSSR count). The molecule has 6 nitrogen and oxygen atoms in total. The van der Waals surface area contributed by atoms with Gasteiger partial charge in [-0.15, -0.1) is 0 Å². The second-order valence-corrected chi connectivity index (χ2v) is 8.85. The van der Waals surface area contributed by atoms with Crippen LogP contribution in [0.3, 0.4) is 0 Å². The number of fused-ring (bicyclic) bond motifs is 1. The smallest absolute Gasteiger partial charge is 0.195 e. The van der Waals surface area contributed by atoms with Crippen LogP contribution in [0, 0.1) is 6.92 Å². The van der Waals surface area contributed by atoms with Gasteiger partial charge in [-0.25, -0.2) is 9.97 Å². The molecule has 33 heavy (non-hydrogen) atoms. The lowest BCUT2D eigenvalue weighted by molar-refractivity contribution is 0.103. The summed E-state index contributed by atoms with van der Waals surface area (Å²) in [6, 6.07) is 19.1. The summed E-state index contributed by atoms with van der Waals surface area (Å²) in [4.78, 5) is 25.3. The number of carbonyl (C=O) groups is 1. The van der Waals surface area contributed by atoms with Crippen molar-refractivity contribution in [1.29, 1.82) is 0 Å². The molecule has 0 unspecified atom stereocenters. The van der Waals surface area contributed by atoms with Crippen LogP contribution in [0.2, 0.25) is 0 Å². The summed E-state index contributed by atoms with van der Waals surface area (Å²) >= 11 is 0. The minimum atomic E-state index is -0.00831. The Morgan fingerprint density at radius 2 is 1.67 bits per heavy atom. The second kappa shape index (κ2) is 9.55. The maximum Gasteiger partial charge on any atom is 0.195 e. The van der Waals surface area contributed by atoms with E-state index in [2.05, 4.69) is 55.9 Å². The van der Waals surface area contributed by atoms with Crippen LogP contribution in [0.25, 0.3) is 11.0 Å². The van der Waals surface area contributed by atoms with E-state index in [9.17, 15) is 4.79 Å². The summed E-state index contributed by atoms with van der Waals surface area (Å²) in [6.45, 7) is 2.87. The molecular weight excluding hydrogens is 410 g/mol. The summed E-state index contributed by atoms with van der Waals surface area (Å²) in [6.07, 6.45) is 7.65. The first-order chi connectivity index (χ1) is 16.2. The Kier molecular flexibility index (Phi) is 6.17. The molecule has 2 heterocycles. The number of hydrogen-bond acceptors (Lipinski definition) is 5. The van der Waals surface area contributed by atoms with Crippen LogP contribution in [0.1, 0.15) is 52.7 Å². The maximum atomic E-state index is 13.3. The summed E-state index contributed by atoms with van der Waals surface area (Å²) < 4.78 is 0. The molecule has 1 aliphatic carbocycles. The van der Waals surface area contributed by atoms with E-state index in [1.165, 1.54) is 5.56 Å². The zero-order valence-corrected chi connectivity index (χ0v) is 18.8. The Morgan fingerprint density at radius 1 is 0.939 bits per heavy atom. The number of carbonyl (C=O) groups excluding carboxylic acids is 1. The van der Waals surface area contributed by atoms with Gasteiger partial charge in [0.05, 0.1) is 10.9 Å². The van der Waals surface area contributed by atoms with E-state index in [4.69, 9.17) is 0 Å². The highest BCUT2D eigenvalue weighted by molar-refractivity contribution is 6.18. The Hall–Kier alpha value is -3.51. The average Bonchev–Trinajstić information content (AvgIpc) is 3.29. The van der Waals surface area contributed by atoms with E-state index in [1.54, 1.807) is 12.5 Å². The number of anilines is 1. The van der Waals surface area contributed by atoms with Gasteiger partial charge in [-0.1, -0.05) is 54.6 Å². The largest absolute Gasteiger partial charge is 0.367 e. The lowest BCUT2D eigenvalue weighted by Gasteiger charge is -2.30. The van der Waals surface area contributed by atoms with Gasteiger partial charge in [0.15, 0.2) is 5.78 Å². The number of ketones is 1. The third kappa shape index (κ3) is 4.66. The highest BCUT2D eigenvalue weighted by atomic mass is 16.1. The molecule has 168 valence electrons. The lowest BCUT2D eigenvalue weighted by Crippen LogP contribution is -2.36. The molecule has 0 radical (unpaired) electrons. The van der Waals surface area contributed by atoms with Crippen LogP contribution in [0.15, 0.2) is 67.1 Å². The fourth-order valence-electron chi connectivity index (χ4n) is 4.72. The van der Waals surface area contributed by atoms with Crippen LogP contribution in [0.4, 0.5) is 5.82 Å². The standard InChI is InChI=1S/C27H29N5O/c1-18-7-5-6-10-22(18)25(33)23-16-29-26-24(23)27(31-17-30-26)32-21-13-11-20(12-14-21)28-15-19-8-3-2-4-9-19/h2-10,16-17,20-21,28H,11-15H2,1H3,(H2,29,30,31,32)/t20-,21+. The number of rotatable bonds is 7. The van der Waals surface area contributed by atoms with Gasteiger partial charge >= 0.3 is 0 Å². The number of nitrogens with one attached hydrogen (secondary N) is 3. The van der Waals surface area contributed by atoms with E-state index in [0.717, 1.165) is 49.0 Å². The molecule has 0 bridgehead atoms. The first-order valence-corrected chi connectivity index (χ1v) is 11.7. The second-order valence-electron chi connectivity index (χ2n) is 8.85. The fourth-order valence-corrected chi connectivity index (χ4v) is 4.72. The van der Waals surface area contributed by atoms with Crippen LogP contribution < -0.4 is 10.6 Å². The molecule has 0 amide bonds. The number of H-pyrrole nitrogens is 1. The highest BCUT2D eigenvalue weighted by Crippen LogP contribution is 2.29. The predicted octanol–water partition coefficient (Wildman–Crippen LogP) is 5.01. The van der Waals surface area contributed by atoms with Gasteiger partial charge in [0.2, 0.25) is 0 Å². The zero-order valence-electron chi connectivity index (χ0n) is 18.8. The third-order valence-corrected chi connectivity index (χ3v) is 6.61. The van der Waals surface area contributed by atoms with Crippen molar-refractivity contribution in [3.05, 3.63) is 89.4 Å². The lowest BCUT2D eigenvalue weighted by atomic mass is 9.91. The predicted molar refractivity (Wildman–Crippen MR) is 131 cm³/mol. The van der Waals surface area contributed by atoms with Crippen LogP contribution in [-0.2, 0) is 6.54 Å². The van der Waals surface area contributed by atoms with Crippen molar-refractivity contribution in [3.8, 4) is 0 Å². The van der Waals surface area contributed by atoms with E-state index in [0.29, 0.717) is 28.9 Å². The number of aryl methyl sites for hydroxylation is 1. The Morgan fingerprint density at radius 3 is 2.45 bits per heavy atom. The van der Waals surface area contributed by atoms with Gasteiger partial charge in [-0.3, -0.25) is 4.79 Å². The van der Waals surface area contributed by atoms with E-state index < -0.39 is 0 Å². The minimum absolute atomic E-state index is 0.00831. The molecule has 0 atom stereocenters. The first kappa shape index (κ1) is 21.3. The molecule has 1 aliphatic rings. The third-order valence-electron chi connectivity index (χ3n) is 6.61. The quantitative estimate of drug-likeness (QED) is 0.353. The van der Waals surface area contributed by atoms with E-state index >= 15 is 0 Å². The van der Waals surface area contributed by atoms with Crippen molar-refractivity contribution >= 4 is 22.6 Å². The highest BCUT2D eigenvalue weighted by Gasteiger charge is 2.24. The van der Waals surface area contributed by atoms with Gasteiger partial charge in [0, 0.05) is 30.4 Å². The zero-order chi connectivity index (χ0) is 22.6. The molecule has 0 saturated heterocycles. The molecule has 1 fully saturated rings. The fraction of sp³-hybridized carbons (Fsp3) is 0.296. The van der Waals surface area contributed by atoms with Crippen molar-refractivity contribution < 1.29 is 4.79 Å². The minimum Gasteiger partial charge on any atom is -0.367 e. The summed E-state index contributed by atoms with van der Waals surface area (Å²) in [5.41, 5.74) is 4.28. The van der Waals surface area contributed by atoms with Gasteiger partial charge in [0.1, 0.15) is 17.8 Å². The first-order valence-electron chi connectivity index (χ1n) is 11.7. The summed E-state index contributed by atoms with van der Waals surface area (Å²) in [5, 5.41) is 8.08. The maximum absolute atomic E-state index is 13.3. The van der Waals surface area contributed by atoms with Crippen LogP contribution in [0.5, 0.6) is 0 Å². The van der Waals surface area contributed by atoms with Crippen LogP contribution in [-0.4, -0.2) is 32.8 Å². The molecule has 0 spiro atoms. The number of hydrogen-bond donors (Lipinski definition) is 3. The van der Waals surface area contributed by atoms with Crippen LogP contribution >= 0.6 is 0 Å². The molecule has 1 saturated carbocycles. The normalized spacial score (nSPS) is 18.3. The number of benzene rings is 2. The molecule has 2 aromatic heterocycles. The summed E-state index contributed by atoms with van der Waals surface area (Å²) in [5.74, 6) is 0.727. The van der Waals surface area contributed by atoms with E-state index in [1.807, 2.05) is 31.2 Å². The molecule has 0 aliphatic heterocycles. The SMILES string of the molecule is Cc1ccccc1C(=O)c1c[nH]c2ncnc(N[C@H]3CC[C@@H](NCc4ccccc4)CC3)c12. The van der Waals surface area contributed by atoms with Gasteiger partial charge < -0.3 is 15.6 Å². The monoisotopic (exact) mass is 439 g/mol. The number of aromatic amines is 1. The van der Waals surface area contributed by atoms with Crippen molar-refractivity contribution in [2.24, 2.45) is 0 Å². The Bertz CT molecular complexity index is 1240. The molecule has 2 aromatic carbocycles. The number of nitrogens with zero attached hydrogens (tertiary/aromatic N) is 2. The summed E-state index contributed by atoms with van der Waals surface area (Å²) in [7, 11) is 0. The Labute approximate surface area is 193 Å².